The zero-order valence-corrected chi connectivity index (χ0v) is 20.7. The lowest BCUT2D eigenvalue weighted by molar-refractivity contribution is 0.237. The van der Waals surface area contributed by atoms with Crippen LogP contribution in [0.5, 0.6) is 0 Å². The Kier molecular flexibility index (Phi) is 6.95. The maximum Gasteiger partial charge on any atom is 0.258 e. The Bertz CT molecular complexity index is 1320. The van der Waals surface area contributed by atoms with Crippen LogP contribution >= 0.6 is 0 Å². The first kappa shape index (κ1) is 23.3. The van der Waals surface area contributed by atoms with Crippen LogP contribution < -0.4 is 5.56 Å². The van der Waals surface area contributed by atoms with E-state index in [1.807, 2.05) is 52.0 Å². The summed E-state index contributed by atoms with van der Waals surface area (Å²) in [4.78, 5) is 24.0. The van der Waals surface area contributed by atoms with E-state index in [-0.39, 0.29) is 5.56 Å². The Morgan fingerprint density at radius 3 is 2.71 bits per heavy atom. The molecule has 5 rings (SSSR count). The van der Waals surface area contributed by atoms with Gasteiger partial charge < -0.3 is 9.55 Å². The van der Waals surface area contributed by atoms with Crippen LogP contribution in [0.1, 0.15) is 55.9 Å². The van der Waals surface area contributed by atoms with Gasteiger partial charge in [-0.1, -0.05) is 32.4 Å². The molecule has 0 saturated carbocycles. The third-order valence-electron chi connectivity index (χ3n) is 6.79. The lowest BCUT2D eigenvalue weighted by Crippen LogP contribution is -2.36. The Balaban J connectivity index is 1.41. The fourth-order valence-corrected chi connectivity index (χ4v) is 4.99. The largest absolute Gasteiger partial charge is 0.345 e. The third-order valence-corrected chi connectivity index (χ3v) is 6.79. The van der Waals surface area contributed by atoms with E-state index in [4.69, 9.17) is 0 Å². The van der Waals surface area contributed by atoms with E-state index in [1.54, 1.807) is 6.20 Å². The summed E-state index contributed by atoms with van der Waals surface area (Å²) in [5.74, 6) is 1.08. The van der Waals surface area contributed by atoms with Gasteiger partial charge in [-0.25, -0.2) is 9.67 Å². The van der Waals surface area contributed by atoms with Crippen molar-refractivity contribution < 1.29 is 0 Å². The highest BCUT2D eigenvalue weighted by Gasteiger charge is 2.23. The second-order valence-electron chi connectivity index (χ2n) is 9.40. The van der Waals surface area contributed by atoms with Gasteiger partial charge in [0.15, 0.2) is 0 Å². The fraction of sp³-hybridized carbons (Fsp3) is 0.393. The Labute approximate surface area is 206 Å². The lowest BCUT2D eigenvalue weighted by Gasteiger charge is -2.30. The molecule has 3 aromatic heterocycles. The molecular formula is C28H34N6O. The van der Waals surface area contributed by atoms with Gasteiger partial charge in [0.1, 0.15) is 5.82 Å². The van der Waals surface area contributed by atoms with E-state index in [0.717, 1.165) is 80.2 Å². The average molecular weight is 471 g/mol. The van der Waals surface area contributed by atoms with Crippen molar-refractivity contribution in [3.05, 3.63) is 88.1 Å². The molecule has 35 heavy (non-hydrogen) atoms. The van der Waals surface area contributed by atoms with Crippen molar-refractivity contribution in [3.63, 3.8) is 0 Å². The van der Waals surface area contributed by atoms with Crippen molar-refractivity contribution in [2.45, 2.75) is 65.6 Å². The van der Waals surface area contributed by atoms with Gasteiger partial charge in [0.25, 0.3) is 5.56 Å². The number of H-pyrrole nitrogens is 1. The Morgan fingerprint density at radius 1 is 1.11 bits per heavy atom. The summed E-state index contributed by atoms with van der Waals surface area (Å²) >= 11 is 0. The SMILES string of the molecule is CCCCc1ncc(CN2CCc3c(cc(-c4ccc(-n5cccn5)cc4)c(=O)n3CCC)C2)[nH]1. The molecule has 7 nitrogen and oxygen atoms in total. The molecule has 1 N–H and O–H groups in total. The topological polar surface area (TPSA) is 71.7 Å². The molecule has 0 bridgehead atoms. The number of unbranched alkanes of at least 4 members (excludes halogenated alkanes) is 1. The van der Waals surface area contributed by atoms with Crippen molar-refractivity contribution in [1.29, 1.82) is 0 Å². The summed E-state index contributed by atoms with van der Waals surface area (Å²) in [6.07, 6.45) is 10.8. The number of hydrogen-bond acceptors (Lipinski definition) is 4. The van der Waals surface area contributed by atoms with Crippen LogP contribution in [-0.2, 0) is 32.5 Å². The van der Waals surface area contributed by atoms with E-state index in [0.29, 0.717) is 0 Å². The zero-order valence-electron chi connectivity index (χ0n) is 20.7. The highest BCUT2D eigenvalue weighted by Crippen LogP contribution is 2.25. The number of aryl methyl sites for hydroxylation is 1. The molecule has 0 amide bonds. The van der Waals surface area contributed by atoms with Crippen molar-refractivity contribution in [1.82, 2.24) is 29.2 Å². The molecule has 0 saturated heterocycles. The van der Waals surface area contributed by atoms with Gasteiger partial charge in [-0.05, 0) is 48.2 Å². The maximum atomic E-state index is 13.5. The molecule has 0 aliphatic carbocycles. The van der Waals surface area contributed by atoms with Gasteiger partial charge in [-0.3, -0.25) is 9.69 Å². The van der Waals surface area contributed by atoms with Crippen LogP contribution in [0.2, 0.25) is 0 Å². The minimum Gasteiger partial charge on any atom is -0.345 e. The van der Waals surface area contributed by atoms with Crippen LogP contribution in [0.3, 0.4) is 0 Å². The molecule has 1 aromatic carbocycles. The second kappa shape index (κ2) is 10.4. The number of fused-ring (bicyclic) bond motifs is 1. The van der Waals surface area contributed by atoms with Crippen molar-refractivity contribution >= 4 is 0 Å². The van der Waals surface area contributed by atoms with Crippen molar-refractivity contribution in [3.8, 4) is 16.8 Å². The molecule has 0 unspecified atom stereocenters. The van der Waals surface area contributed by atoms with Crippen molar-refractivity contribution in [2.24, 2.45) is 0 Å². The van der Waals surface area contributed by atoms with E-state index in [9.17, 15) is 4.79 Å². The molecule has 0 fully saturated rings. The molecule has 0 atom stereocenters. The number of hydrogen-bond donors (Lipinski definition) is 1. The molecular weight excluding hydrogens is 436 g/mol. The second-order valence-corrected chi connectivity index (χ2v) is 9.40. The summed E-state index contributed by atoms with van der Waals surface area (Å²) in [6, 6.07) is 12.1. The first-order valence-corrected chi connectivity index (χ1v) is 12.8. The van der Waals surface area contributed by atoms with Crippen LogP contribution in [0, 0.1) is 0 Å². The molecule has 0 radical (unpaired) electrons. The minimum absolute atomic E-state index is 0.111. The molecule has 1 aliphatic rings. The smallest absolute Gasteiger partial charge is 0.258 e. The molecule has 7 heteroatoms. The molecule has 0 spiro atoms. The van der Waals surface area contributed by atoms with Crippen LogP contribution in [0.25, 0.3) is 16.8 Å². The summed E-state index contributed by atoms with van der Waals surface area (Å²) in [5.41, 5.74) is 6.42. The highest BCUT2D eigenvalue weighted by molar-refractivity contribution is 5.65. The van der Waals surface area contributed by atoms with Crippen LogP contribution in [0.4, 0.5) is 0 Å². The van der Waals surface area contributed by atoms with E-state index in [2.05, 4.69) is 39.9 Å². The summed E-state index contributed by atoms with van der Waals surface area (Å²) in [6.45, 7) is 7.71. The minimum atomic E-state index is 0.111. The molecule has 4 heterocycles. The quantitative estimate of drug-likeness (QED) is 0.384. The number of aromatic nitrogens is 5. The highest BCUT2D eigenvalue weighted by atomic mass is 16.1. The van der Waals surface area contributed by atoms with Gasteiger partial charge in [0.2, 0.25) is 0 Å². The Morgan fingerprint density at radius 2 is 1.97 bits per heavy atom. The fourth-order valence-electron chi connectivity index (χ4n) is 4.99. The van der Waals surface area contributed by atoms with Crippen molar-refractivity contribution in [2.75, 3.05) is 6.54 Å². The third kappa shape index (κ3) is 5.00. The normalized spacial score (nSPS) is 13.8. The monoisotopic (exact) mass is 470 g/mol. The number of benzene rings is 1. The summed E-state index contributed by atoms with van der Waals surface area (Å²) in [7, 11) is 0. The number of aromatic amines is 1. The van der Waals surface area contributed by atoms with Gasteiger partial charge in [-0.2, -0.15) is 5.10 Å². The summed E-state index contributed by atoms with van der Waals surface area (Å²) in [5, 5.41) is 4.30. The summed E-state index contributed by atoms with van der Waals surface area (Å²) < 4.78 is 3.84. The first-order chi connectivity index (χ1) is 17.2. The standard InChI is InChI=1S/C28H34N6O/c1-3-5-7-27-29-18-23(31-27)20-32-16-12-26-22(19-32)17-25(28(35)33(26)14-4-2)21-8-10-24(11-9-21)34-15-6-13-30-34/h6,8-11,13,15,17-18H,3-5,7,12,14,16,19-20H2,1-2H3,(H,29,31). The van der Waals surface area contributed by atoms with Gasteiger partial charge >= 0.3 is 0 Å². The van der Waals surface area contributed by atoms with E-state index in [1.165, 1.54) is 17.7 Å². The molecule has 182 valence electrons. The number of rotatable bonds is 9. The molecule has 1 aliphatic heterocycles. The maximum absolute atomic E-state index is 13.5. The van der Waals surface area contributed by atoms with Gasteiger partial charge in [0, 0.05) is 74.6 Å². The molecule has 4 aromatic rings. The van der Waals surface area contributed by atoms with Gasteiger partial charge in [-0.15, -0.1) is 0 Å². The Hall–Kier alpha value is -3.45. The predicted octanol–water partition coefficient (Wildman–Crippen LogP) is 4.74. The number of pyridine rings is 1. The first-order valence-electron chi connectivity index (χ1n) is 12.8. The lowest BCUT2D eigenvalue weighted by atomic mass is 9.98. The predicted molar refractivity (Wildman–Crippen MR) is 139 cm³/mol. The number of nitrogens with one attached hydrogen (secondary N) is 1. The zero-order chi connectivity index (χ0) is 24.2. The van der Waals surface area contributed by atoms with E-state index < -0.39 is 0 Å². The average Bonchev–Trinajstić information content (AvgIpc) is 3.57. The number of imidazole rings is 1. The number of nitrogens with zero attached hydrogens (tertiary/aromatic N) is 5. The van der Waals surface area contributed by atoms with Gasteiger partial charge in [0.05, 0.1) is 5.69 Å². The van der Waals surface area contributed by atoms with Crippen LogP contribution in [-0.4, -0.2) is 35.8 Å². The van der Waals surface area contributed by atoms with Crippen LogP contribution in [0.15, 0.2) is 59.8 Å². The van der Waals surface area contributed by atoms with E-state index >= 15 is 0 Å².